The Morgan fingerprint density at radius 2 is 1.34 bits per heavy atom. The molecule has 1 aliphatic carbocycles. The Balaban J connectivity index is 1.38. The van der Waals surface area contributed by atoms with Gasteiger partial charge in [-0.1, -0.05) is 31.6 Å². The average Bonchev–Trinajstić information content (AvgIpc) is 2.79. The number of aromatic nitrogens is 1. The lowest BCUT2D eigenvalue weighted by Gasteiger charge is -2.40. The lowest BCUT2D eigenvalue weighted by Crippen LogP contribution is -2.32. The van der Waals surface area contributed by atoms with E-state index >= 15 is 0 Å². The van der Waals surface area contributed by atoms with Crippen LogP contribution in [0, 0.1) is 0 Å². The maximum absolute atomic E-state index is 13.1. The van der Waals surface area contributed by atoms with Gasteiger partial charge < -0.3 is 10.3 Å². The molecular weight excluding hydrogens is 511 g/mol. The van der Waals surface area contributed by atoms with Gasteiger partial charge in [0, 0.05) is 24.0 Å². The number of halogens is 5. The molecule has 35 heavy (non-hydrogen) atoms. The first-order valence-electron chi connectivity index (χ1n) is 10.8. The van der Waals surface area contributed by atoms with E-state index in [4.69, 9.17) is 0 Å². The largest absolute Gasteiger partial charge is 0.382 e. The smallest absolute Gasteiger partial charge is 0.310 e. The van der Waals surface area contributed by atoms with Gasteiger partial charge in [0.15, 0.2) is 9.84 Å². The van der Waals surface area contributed by atoms with Crippen LogP contribution >= 0.6 is 10.2 Å². The van der Waals surface area contributed by atoms with E-state index in [0.29, 0.717) is 37.8 Å². The minimum absolute atomic E-state index is 0.185. The number of aromatic amines is 1. The fourth-order valence-corrected chi connectivity index (χ4v) is 6.62. The average molecular weight is 535 g/mol. The number of H-pyrrole nitrogens is 1. The lowest BCUT2D eigenvalue weighted by atomic mass is 9.95. The summed E-state index contributed by atoms with van der Waals surface area (Å²) in [7, 11) is -13.3. The van der Waals surface area contributed by atoms with Crippen molar-refractivity contribution in [3.63, 3.8) is 0 Å². The number of nitrogens with one attached hydrogen (secondary N) is 2. The molecule has 2 N–H and O–H groups in total. The predicted molar refractivity (Wildman–Crippen MR) is 127 cm³/mol. The third kappa shape index (κ3) is 5.87. The first-order chi connectivity index (χ1) is 16.1. The number of sulfone groups is 1. The Hall–Kier alpha value is -2.86. The number of pyridine rings is 1. The van der Waals surface area contributed by atoms with Crippen molar-refractivity contribution in [2.45, 2.75) is 46.8 Å². The minimum atomic E-state index is -9.71. The van der Waals surface area contributed by atoms with Gasteiger partial charge in [0.1, 0.15) is 4.90 Å². The van der Waals surface area contributed by atoms with Crippen molar-refractivity contribution >= 4 is 25.7 Å². The first kappa shape index (κ1) is 25.2. The van der Waals surface area contributed by atoms with Crippen LogP contribution < -0.4 is 10.9 Å². The van der Waals surface area contributed by atoms with Crippen molar-refractivity contribution in [3.8, 4) is 11.1 Å². The summed E-state index contributed by atoms with van der Waals surface area (Å²) in [6.45, 7) is 0. The molecule has 0 atom stereocenters. The van der Waals surface area contributed by atoms with Crippen LogP contribution in [0.15, 0.2) is 81.4 Å². The Morgan fingerprint density at radius 1 is 0.771 bits per heavy atom. The summed E-state index contributed by atoms with van der Waals surface area (Å²) in [5.41, 5.74) is 1.52. The van der Waals surface area contributed by atoms with Gasteiger partial charge in [0.25, 0.3) is 0 Å². The zero-order valence-corrected chi connectivity index (χ0v) is 19.9. The molecular formula is C23H23F5N2O3S2. The topological polar surface area (TPSA) is 79.0 Å². The van der Waals surface area contributed by atoms with Crippen molar-refractivity contribution in [3.05, 3.63) is 77.2 Å². The van der Waals surface area contributed by atoms with E-state index in [-0.39, 0.29) is 22.2 Å². The second kappa shape index (κ2) is 8.09. The summed E-state index contributed by atoms with van der Waals surface area (Å²) in [5, 5.41) is 2.40. The van der Waals surface area contributed by atoms with Crippen molar-refractivity contribution in [1.29, 1.82) is 0 Å². The maximum atomic E-state index is 13.1. The molecule has 12 heteroatoms. The number of anilines is 1. The van der Waals surface area contributed by atoms with E-state index in [1.807, 2.05) is 0 Å². The molecule has 0 radical (unpaired) electrons. The molecule has 0 saturated heterocycles. The van der Waals surface area contributed by atoms with E-state index in [0.717, 1.165) is 23.3 Å². The zero-order valence-electron chi connectivity index (χ0n) is 18.3. The van der Waals surface area contributed by atoms with Crippen molar-refractivity contribution in [2.75, 3.05) is 5.32 Å². The number of hydrogen-bond donors (Lipinski definition) is 2. The number of benzene rings is 2. The highest BCUT2D eigenvalue weighted by Crippen LogP contribution is 3.02. The molecule has 4 rings (SSSR count). The Labute approximate surface area is 199 Å². The molecule has 5 nitrogen and oxygen atoms in total. The van der Waals surface area contributed by atoms with Crippen molar-refractivity contribution in [1.82, 2.24) is 4.98 Å². The predicted octanol–water partition coefficient (Wildman–Crippen LogP) is 6.90. The van der Waals surface area contributed by atoms with Crippen molar-refractivity contribution in [2.24, 2.45) is 0 Å². The maximum Gasteiger partial charge on any atom is 0.310 e. The molecule has 2 aromatic carbocycles. The van der Waals surface area contributed by atoms with Gasteiger partial charge in [-0.3, -0.25) is 4.79 Å². The standard InChI is InChI=1S/C23H23F5N2O3S2/c24-35(25,26,27,28)22-12-6-19(7-13-22)30-18-4-10-21(11-5-18)34(32,33)20-8-1-16(2-9-20)17-3-14-23(31)29-15-17/h1-3,6-9,12-15,18,21,30H,4-5,10-11H2,(H,29,31). The van der Waals surface area contributed by atoms with E-state index in [1.54, 1.807) is 24.4 Å². The fraction of sp³-hybridized carbons (Fsp3) is 0.261. The van der Waals surface area contributed by atoms with E-state index in [9.17, 15) is 32.6 Å². The Kier molecular flexibility index (Phi) is 5.83. The molecule has 0 bridgehead atoms. The molecule has 1 aromatic heterocycles. The van der Waals surface area contributed by atoms with Crippen LogP contribution in [-0.2, 0) is 9.84 Å². The summed E-state index contributed by atoms with van der Waals surface area (Å²) < 4.78 is 90.5. The van der Waals surface area contributed by atoms with Gasteiger partial charge in [-0.2, -0.15) is 0 Å². The van der Waals surface area contributed by atoms with Crippen LogP contribution in [0.3, 0.4) is 0 Å². The number of hydrogen-bond acceptors (Lipinski definition) is 4. The van der Waals surface area contributed by atoms with Crippen LogP contribution in [0.25, 0.3) is 11.1 Å². The third-order valence-corrected chi connectivity index (χ3v) is 9.53. The van der Waals surface area contributed by atoms with E-state index in [1.165, 1.54) is 18.2 Å². The zero-order chi connectivity index (χ0) is 25.5. The van der Waals surface area contributed by atoms with Gasteiger partial charge in [-0.25, -0.2) is 8.42 Å². The number of rotatable bonds is 6. The van der Waals surface area contributed by atoms with Gasteiger partial charge in [-0.05, 0) is 79.3 Å². The lowest BCUT2D eigenvalue weighted by molar-refractivity contribution is 0.364. The highest BCUT2D eigenvalue weighted by Gasteiger charge is 2.65. The van der Waals surface area contributed by atoms with Crippen LogP contribution in [0.4, 0.5) is 25.1 Å². The highest BCUT2D eigenvalue weighted by atomic mass is 32.5. The molecule has 1 heterocycles. The van der Waals surface area contributed by atoms with Gasteiger partial charge in [0.05, 0.1) is 10.1 Å². The van der Waals surface area contributed by atoms with E-state index in [2.05, 4.69) is 10.3 Å². The minimum Gasteiger partial charge on any atom is -0.382 e. The second-order valence-electron chi connectivity index (χ2n) is 8.62. The van der Waals surface area contributed by atoms with Crippen LogP contribution in [0.1, 0.15) is 25.7 Å². The molecule has 0 aliphatic heterocycles. The van der Waals surface area contributed by atoms with Crippen molar-refractivity contribution < 1.29 is 27.8 Å². The molecule has 1 saturated carbocycles. The summed E-state index contributed by atoms with van der Waals surface area (Å²) in [6, 6.07) is 11.9. The fourth-order valence-electron chi connectivity index (χ4n) is 4.18. The molecule has 3 aromatic rings. The molecule has 0 spiro atoms. The molecule has 1 fully saturated rings. The molecule has 0 amide bonds. The summed E-state index contributed by atoms with van der Waals surface area (Å²) >= 11 is 0. The van der Waals surface area contributed by atoms with Gasteiger partial charge in [-0.15, -0.1) is 0 Å². The molecule has 190 valence electrons. The van der Waals surface area contributed by atoms with Gasteiger partial charge in [0.2, 0.25) is 5.56 Å². The highest BCUT2D eigenvalue weighted by molar-refractivity contribution is 8.45. The summed E-state index contributed by atoms with van der Waals surface area (Å²) in [5.74, 6) is 0. The summed E-state index contributed by atoms with van der Waals surface area (Å²) in [6.07, 6.45) is 3.17. The Bertz CT molecular complexity index is 1360. The van der Waals surface area contributed by atoms with E-state index < -0.39 is 30.2 Å². The van der Waals surface area contributed by atoms with Crippen LogP contribution in [-0.4, -0.2) is 24.7 Å². The SMILES string of the molecule is O=c1ccc(-c2ccc(S(=O)(=O)C3CCC(Nc4ccc(S(F)(F)(F)(F)F)cc4)CC3)cc2)c[nH]1. The molecule has 0 unspecified atom stereocenters. The van der Waals surface area contributed by atoms with Crippen LogP contribution in [0.5, 0.6) is 0 Å². The summed E-state index contributed by atoms with van der Waals surface area (Å²) in [4.78, 5) is 12.0. The molecule has 1 aliphatic rings. The first-order valence-corrected chi connectivity index (χ1v) is 14.3. The quantitative estimate of drug-likeness (QED) is 0.338. The Morgan fingerprint density at radius 3 is 1.86 bits per heavy atom. The monoisotopic (exact) mass is 534 g/mol. The van der Waals surface area contributed by atoms with Crippen LogP contribution in [0.2, 0.25) is 0 Å². The third-order valence-electron chi connectivity index (χ3n) is 6.08. The second-order valence-corrected chi connectivity index (χ2v) is 13.3. The van der Waals surface area contributed by atoms with Gasteiger partial charge >= 0.3 is 10.2 Å². The normalized spacial score (nSPS) is 21.1.